The average Bonchev–Trinajstić information content (AvgIpc) is 3.22. The van der Waals surface area contributed by atoms with Gasteiger partial charge in [-0.05, 0) is 25.7 Å². The maximum absolute atomic E-state index is 12.4. The van der Waals surface area contributed by atoms with Gasteiger partial charge in [0.15, 0.2) is 0 Å². The van der Waals surface area contributed by atoms with Gasteiger partial charge >= 0.3 is 5.97 Å². The topological polar surface area (TPSA) is 95.9 Å². The smallest absolute Gasteiger partial charge is 0.305 e. The van der Waals surface area contributed by atoms with E-state index in [0.717, 1.165) is 51.4 Å². The van der Waals surface area contributed by atoms with Crippen molar-refractivity contribution in [3.63, 3.8) is 0 Å². The molecular formula is C52H103NO5. The molecule has 3 N–H and O–H groups in total. The maximum atomic E-state index is 12.4. The number of carbonyl (C=O) groups excluding carboxylic acids is 2. The van der Waals surface area contributed by atoms with Gasteiger partial charge in [0.05, 0.1) is 25.4 Å². The van der Waals surface area contributed by atoms with Crippen LogP contribution in [0.15, 0.2) is 0 Å². The van der Waals surface area contributed by atoms with Crippen LogP contribution in [0.5, 0.6) is 0 Å². The predicted molar refractivity (Wildman–Crippen MR) is 250 cm³/mol. The normalized spacial score (nSPS) is 12.6. The Labute approximate surface area is 362 Å². The number of hydrogen-bond donors (Lipinski definition) is 3. The Bertz CT molecular complexity index is 822. The van der Waals surface area contributed by atoms with Gasteiger partial charge in [-0.1, -0.05) is 258 Å². The molecule has 58 heavy (non-hydrogen) atoms. The van der Waals surface area contributed by atoms with Crippen LogP contribution in [-0.2, 0) is 14.3 Å². The SMILES string of the molecule is CCCCCCCCCCCCCCCCC(O)C(CO)NC(=O)CCCCCCCCCCCCCCCCOC(=O)CCCCCCCCCCCCCCC. The molecule has 0 aromatic rings. The van der Waals surface area contributed by atoms with Crippen LogP contribution in [0.3, 0.4) is 0 Å². The highest BCUT2D eigenvalue weighted by molar-refractivity contribution is 5.76. The molecule has 6 nitrogen and oxygen atoms in total. The van der Waals surface area contributed by atoms with Gasteiger partial charge in [0.25, 0.3) is 0 Å². The first-order valence-corrected chi connectivity index (χ1v) is 26.3. The number of ether oxygens (including phenoxy) is 1. The van der Waals surface area contributed by atoms with Gasteiger partial charge in [-0.25, -0.2) is 0 Å². The molecule has 0 aromatic carbocycles. The lowest BCUT2D eigenvalue weighted by molar-refractivity contribution is -0.143. The molecule has 346 valence electrons. The lowest BCUT2D eigenvalue weighted by Gasteiger charge is -2.22. The first-order chi connectivity index (χ1) is 28.5. The van der Waals surface area contributed by atoms with Crippen LogP contribution in [-0.4, -0.2) is 47.4 Å². The second-order valence-corrected chi connectivity index (χ2v) is 18.2. The standard InChI is InChI=1S/C52H103NO5/c1-3-5-7-9-11-13-15-17-21-24-28-32-36-40-44-50(55)49(48-54)53-51(56)45-41-37-33-29-25-22-18-19-23-27-31-35-39-43-47-58-52(57)46-42-38-34-30-26-20-16-14-12-10-8-6-4-2/h49-50,54-55H,3-48H2,1-2H3,(H,53,56). The molecule has 0 heterocycles. The number of esters is 1. The van der Waals surface area contributed by atoms with E-state index >= 15 is 0 Å². The molecule has 0 saturated heterocycles. The van der Waals surface area contributed by atoms with Crippen molar-refractivity contribution in [2.24, 2.45) is 0 Å². The molecule has 6 heteroatoms. The molecule has 0 aromatic heterocycles. The van der Waals surface area contributed by atoms with Gasteiger partial charge in [0, 0.05) is 12.8 Å². The van der Waals surface area contributed by atoms with E-state index < -0.39 is 12.1 Å². The highest BCUT2D eigenvalue weighted by Crippen LogP contribution is 2.17. The Balaban J connectivity index is 3.42. The molecule has 0 aliphatic heterocycles. The highest BCUT2D eigenvalue weighted by Gasteiger charge is 2.20. The van der Waals surface area contributed by atoms with Crippen molar-refractivity contribution in [1.29, 1.82) is 0 Å². The van der Waals surface area contributed by atoms with E-state index in [9.17, 15) is 19.8 Å². The third kappa shape index (κ3) is 44.4. The minimum absolute atomic E-state index is 0.0000262. The van der Waals surface area contributed by atoms with Crippen LogP contribution in [0.1, 0.15) is 296 Å². The van der Waals surface area contributed by atoms with Crippen LogP contribution in [0.2, 0.25) is 0 Å². The summed E-state index contributed by atoms with van der Waals surface area (Å²) in [5, 5.41) is 23.2. The van der Waals surface area contributed by atoms with Gasteiger partial charge in [-0.2, -0.15) is 0 Å². The zero-order valence-electron chi connectivity index (χ0n) is 39.3. The third-order valence-electron chi connectivity index (χ3n) is 12.4. The van der Waals surface area contributed by atoms with Crippen molar-refractivity contribution in [3.8, 4) is 0 Å². The summed E-state index contributed by atoms with van der Waals surface area (Å²) in [6, 6.07) is -0.547. The lowest BCUT2D eigenvalue weighted by Crippen LogP contribution is -2.45. The number of hydrogen-bond acceptors (Lipinski definition) is 5. The third-order valence-corrected chi connectivity index (χ3v) is 12.4. The van der Waals surface area contributed by atoms with Crippen molar-refractivity contribution in [2.75, 3.05) is 13.2 Å². The van der Waals surface area contributed by atoms with Crippen molar-refractivity contribution in [2.45, 2.75) is 309 Å². The molecule has 0 spiro atoms. The number of carbonyl (C=O) groups is 2. The number of amides is 1. The number of nitrogens with one attached hydrogen (secondary N) is 1. The summed E-state index contributed by atoms with van der Waals surface area (Å²) in [7, 11) is 0. The monoisotopic (exact) mass is 822 g/mol. The fourth-order valence-electron chi connectivity index (χ4n) is 8.35. The first-order valence-electron chi connectivity index (χ1n) is 26.3. The van der Waals surface area contributed by atoms with Crippen LogP contribution in [0.4, 0.5) is 0 Å². The summed E-state index contributed by atoms with van der Waals surface area (Å²) in [6.07, 6.45) is 53.5. The predicted octanol–water partition coefficient (Wildman–Crippen LogP) is 15.6. The summed E-state index contributed by atoms with van der Waals surface area (Å²) >= 11 is 0. The molecule has 2 unspecified atom stereocenters. The first kappa shape index (κ1) is 56.9. The number of rotatable bonds is 49. The van der Waals surface area contributed by atoms with Crippen molar-refractivity contribution >= 4 is 11.9 Å². The highest BCUT2D eigenvalue weighted by atomic mass is 16.5. The van der Waals surface area contributed by atoms with E-state index in [4.69, 9.17) is 4.74 Å². The fourth-order valence-corrected chi connectivity index (χ4v) is 8.35. The summed E-state index contributed by atoms with van der Waals surface area (Å²) in [5.41, 5.74) is 0. The molecular weight excluding hydrogens is 719 g/mol. The maximum Gasteiger partial charge on any atom is 0.305 e. The quantitative estimate of drug-likeness (QED) is 0.0420. The molecule has 0 rings (SSSR count). The van der Waals surface area contributed by atoms with Crippen LogP contribution >= 0.6 is 0 Å². The van der Waals surface area contributed by atoms with E-state index in [1.165, 1.54) is 212 Å². The van der Waals surface area contributed by atoms with Crippen LogP contribution in [0.25, 0.3) is 0 Å². The Hall–Kier alpha value is -1.14. The zero-order chi connectivity index (χ0) is 42.3. The van der Waals surface area contributed by atoms with E-state index in [2.05, 4.69) is 19.2 Å². The fraction of sp³-hybridized carbons (Fsp3) is 0.962. The van der Waals surface area contributed by atoms with Gasteiger partial charge in [0.1, 0.15) is 0 Å². The molecule has 0 saturated carbocycles. The molecule has 0 aliphatic carbocycles. The van der Waals surface area contributed by atoms with Crippen molar-refractivity contribution in [1.82, 2.24) is 5.32 Å². The second-order valence-electron chi connectivity index (χ2n) is 18.2. The second kappa shape index (κ2) is 48.5. The molecule has 0 bridgehead atoms. The number of unbranched alkanes of at least 4 members (excludes halogenated alkanes) is 38. The largest absolute Gasteiger partial charge is 0.466 e. The van der Waals surface area contributed by atoms with Crippen LogP contribution < -0.4 is 5.32 Å². The Morgan fingerprint density at radius 3 is 1.05 bits per heavy atom. The van der Waals surface area contributed by atoms with E-state index in [1.54, 1.807) is 0 Å². The number of aliphatic hydroxyl groups is 2. The molecule has 1 amide bonds. The van der Waals surface area contributed by atoms with E-state index in [1.807, 2.05) is 0 Å². The van der Waals surface area contributed by atoms with Gasteiger partial charge in [-0.3, -0.25) is 9.59 Å². The molecule has 0 fully saturated rings. The minimum atomic E-state index is -0.669. The average molecular weight is 822 g/mol. The molecule has 0 radical (unpaired) electrons. The lowest BCUT2D eigenvalue weighted by atomic mass is 10.0. The van der Waals surface area contributed by atoms with Gasteiger partial charge < -0.3 is 20.3 Å². The Kier molecular flexibility index (Phi) is 47.6. The summed E-state index contributed by atoms with van der Waals surface area (Å²) < 4.78 is 5.46. The summed E-state index contributed by atoms with van der Waals surface area (Å²) in [4.78, 5) is 24.5. The van der Waals surface area contributed by atoms with Crippen molar-refractivity contribution in [3.05, 3.63) is 0 Å². The summed E-state index contributed by atoms with van der Waals surface area (Å²) in [5.74, 6) is -0.0436. The Morgan fingerprint density at radius 2 is 0.707 bits per heavy atom. The van der Waals surface area contributed by atoms with Gasteiger partial charge in [0.2, 0.25) is 5.91 Å². The minimum Gasteiger partial charge on any atom is -0.466 e. The van der Waals surface area contributed by atoms with Crippen molar-refractivity contribution < 1.29 is 24.5 Å². The molecule has 2 atom stereocenters. The van der Waals surface area contributed by atoms with Crippen LogP contribution in [0, 0.1) is 0 Å². The van der Waals surface area contributed by atoms with E-state index in [-0.39, 0.29) is 18.5 Å². The summed E-state index contributed by atoms with van der Waals surface area (Å²) in [6.45, 7) is 4.94. The number of aliphatic hydroxyl groups excluding tert-OH is 2. The van der Waals surface area contributed by atoms with E-state index in [0.29, 0.717) is 25.9 Å². The molecule has 0 aliphatic rings. The zero-order valence-corrected chi connectivity index (χ0v) is 39.3. The van der Waals surface area contributed by atoms with Gasteiger partial charge in [-0.15, -0.1) is 0 Å². The Morgan fingerprint density at radius 1 is 0.414 bits per heavy atom.